The Hall–Kier alpha value is -1.85. The van der Waals surface area contributed by atoms with Crippen LogP contribution in [0.15, 0.2) is 23.8 Å². The van der Waals surface area contributed by atoms with Gasteiger partial charge in [-0.25, -0.2) is 0 Å². The van der Waals surface area contributed by atoms with E-state index in [1.54, 1.807) is 7.11 Å². The molecule has 1 aromatic carbocycles. The highest BCUT2D eigenvalue weighted by Gasteiger charge is 2.82. The van der Waals surface area contributed by atoms with Crippen molar-refractivity contribution in [1.29, 1.82) is 0 Å². The minimum atomic E-state index is -0.641. The van der Waals surface area contributed by atoms with Gasteiger partial charge in [0.2, 0.25) is 0 Å². The van der Waals surface area contributed by atoms with Crippen LogP contribution in [0.1, 0.15) is 77.8 Å². The molecule has 182 valence electrons. The summed E-state index contributed by atoms with van der Waals surface area (Å²) in [6.07, 6.45) is 6.06. The number of rotatable bonds is 6. The summed E-state index contributed by atoms with van der Waals surface area (Å²) in [7, 11) is 1.62. The molecule has 0 radical (unpaired) electrons. The van der Waals surface area contributed by atoms with Crippen molar-refractivity contribution in [2.45, 2.75) is 97.4 Å². The fourth-order valence-electron chi connectivity index (χ4n) is 7.35. The minimum absolute atomic E-state index is 0.0867. The SMILES string of the molecule is COc1cc(C)c(O)c(C/C=C(/C)CC(=O)[C@H]2[C@]3(C)CCC[C@]3(C)[C@@]23C[C@H](O)C(C)(C)O3)c1. The number of ether oxygens (including phenoxy) is 2. The number of Topliss-reactive ketones (excluding diaryl/α,β-unsaturated/α-hetero) is 1. The van der Waals surface area contributed by atoms with Crippen LogP contribution in [-0.4, -0.2) is 40.4 Å². The van der Waals surface area contributed by atoms with Gasteiger partial charge in [0.1, 0.15) is 17.3 Å². The number of carbonyl (C=O) groups is 1. The zero-order valence-corrected chi connectivity index (χ0v) is 21.2. The number of phenols is 1. The van der Waals surface area contributed by atoms with Crippen LogP contribution in [0.5, 0.6) is 11.5 Å². The van der Waals surface area contributed by atoms with E-state index >= 15 is 0 Å². The van der Waals surface area contributed by atoms with Gasteiger partial charge in [-0.3, -0.25) is 4.79 Å². The Morgan fingerprint density at radius 1 is 1.24 bits per heavy atom. The lowest BCUT2D eigenvalue weighted by Gasteiger charge is -2.70. The number of benzene rings is 1. The summed E-state index contributed by atoms with van der Waals surface area (Å²) in [5.74, 6) is 0.993. The molecule has 5 nitrogen and oxygen atoms in total. The van der Waals surface area contributed by atoms with Crippen LogP contribution < -0.4 is 4.74 Å². The van der Waals surface area contributed by atoms with Gasteiger partial charge < -0.3 is 19.7 Å². The highest BCUT2D eigenvalue weighted by atomic mass is 16.6. The Morgan fingerprint density at radius 3 is 2.55 bits per heavy atom. The molecule has 1 aliphatic heterocycles. The normalized spacial score (nSPS) is 37.2. The van der Waals surface area contributed by atoms with Gasteiger partial charge in [-0.1, -0.05) is 31.9 Å². The number of phenolic OH excluding ortho intramolecular Hbond substituents is 1. The third-order valence-corrected chi connectivity index (χ3v) is 9.45. The van der Waals surface area contributed by atoms with Gasteiger partial charge in [0, 0.05) is 23.8 Å². The van der Waals surface area contributed by atoms with E-state index in [0.29, 0.717) is 25.0 Å². The Labute approximate surface area is 198 Å². The second-order valence-corrected chi connectivity index (χ2v) is 11.7. The molecule has 4 rings (SSSR count). The molecule has 3 aliphatic rings. The topological polar surface area (TPSA) is 76.0 Å². The van der Waals surface area contributed by atoms with Crippen LogP contribution in [0.4, 0.5) is 0 Å². The monoisotopic (exact) mass is 456 g/mol. The summed E-state index contributed by atoms with van der Waals surface area (Å²) in [5.41, 5.74) is 1.15. The van der Waals surface area contributed by atoms with E-state index in [1.165, 1.54) is 0 Å². The van der Waals surface area contributed by atoms with Crippen molar-refractivity contribution in [3.05, 3.63) is 34.9 Å². The van der Waals surface area contributed by atoms with Gasteiger partial charge in [-0.15, -0.1) is 0 Å². The molecule has 0 aromatic heterocycles. The van der Waals surface area contributed by atoms with E-state index in [0.717, 1.165) is 36.0 Å². The number of fused-ring (bicyclic) bond motifs is 2. The first-order valence-electron chi connectivity index (χ1n) is 12.2. The smallest absolute Gasteiger partial charge is 0.143 e. The van der Waals surface area contributed by atoms with Crippen molar-refractivity contribution in [2.24, 2.45) is 16.7 Å². The lowest BCUT2D eigenvalue weighted by Crippen LogP contribution is -2.75. The largest absolute Gasteiger partial charge is 0.507 e. The van der Waals surface area contributed by atoms with Crippen LogP contribution >= 0.6 is 0 Å². The van der Waals surface area contributed by atoms with Gasteiger partial charge in [0.05, 0.1) is 30.3 Å². The highest BCUT2D eigenvalue weighted by molar-refractivity contribution is 5.87. The summed E-state index contributed by atoms with van der Waals surface area (Å²) in [4.78, 5) is 13.8. The van der Waals surface area contributed by atoms with Gasteiger partial charge in [0.25, 0.3) is 0 Å². The van der Waals surface area contributed by atoms with Gasteiger partial charge in [-0.2, -0.15) is 0 Å². The predicted molar refractivity (Wildman–Crippen MR) is 129 cm³/mol. The number of aliphatic hydroxyl groups is 1. The van der Waals surface area contributed by atoms with Crippen molar-refractivity contribution in [2.75, 3.05) is 7.11 Å². The summed E-state index contributed by atoms with van der Waals surface area (Å²) in [5, 5.41) is 21.2. The molecule has 0 unspecified atom stereocenters. The summed E-state index contributed by atoms with van der Waals surface area (Å²) >= 11 is 0. The molecule has 2 saturated carbocycles. The first kappa shape index (κ1) is 24.3. The molecule has 0 amide bonds. The summed E-state index contributed by atoms with van der Waals surface area (Å²) < 4.78 is 12.0. The number of carbonyl (C=O) groups excluding carboxylic acids is 1. The average molecular weight is 457 g/mol. The van der Waals surface area contributed by atoms with E-state index in [1.807, 2.05) is 45.9 Å². The van der Waals surface area contributed by atoms with Crippen LogP contribution in [0, 0.1) is 23.7 Å². The Bertz CT molecular complexity index is 994. The zero-order chi connectivity index (χ0) is 24.4. The third kappa shape index (κ3) is 3.37. The molecule has 1 aromatic rings. The summed E-state index contributed by atoms with van der Waals surface area (Å²) in [6.45, 7) is 12.2. The van der Waals surface area contributed by atoms with E-state index in [2.05, 4.69) is 13.8 Å². The first-order valence-corrected chi connectivity index (χ1v) is 12.2. The van der Waals surface area contributed by atoms with E-state index in [9.17, 15) is 15.0 Å². The Morgan fingerprint density at radius 2 is 1.94 bits per heavy atom. The molecular formula is C28H40O5. The number of allylic oxidation sites excluding steroid dienone is 2. The maximum Gasteiger partial charge on any atom is 0.143 e. The van der Waals surface area contributed by atoms with Crippen LogP contribution in [-0.2, 0) is 16.0 Å². The maximum absolute atomic E-state index is 13.8. The van der Waals surface area contributed by atoms with Crippen LogP contribution in [0.3, 0.4) is 0 Å². The molecule has 0 bridgehead atoms. The molecule has 1 saturated heterocycles. The maximum atomic E-state index is 13.8. The molecule has 5 atom stereocenters. The van der Waals surface area contributed by atoms with Gasteiger partial charge in [0.15, 0.2) is 0 Å². The molecule has 1 heterocycles. The number of aliphatic hydroxyl groups excluding tert-OH is 1. The van der Waals surface area contributed by atoms with Gasteiger partial charge in [-0.05, 0) is 70.1 Å². The highest BCUT2D eigenvalue weighted by Crippen LogP contribution is 2.78. The van der Waals surface area contributed by atoms with E-state index in [-0.39, 0.29) is 28.3 Å². The predicted octanol–water partition coefficient (Wildman–Crippen LogP) is 5.28. The van der Waals surface area contributed by atoms with E-state index < -0.39 is 17.3 Å². The lowest BCUT2D eigenvalue weighted by molar-refractivity contribution is -0.304. The zero-order valence-electron chi connectivity index (χ0n) is 21.2. The molecule has 1 spiro atoms. The summed E-state index contributed by atoms with van der Waals surface area (Å²) in [6, 6.07) is 3.65. The van der Waals surface area contributed by atoms with Crippen molar-refractivity contribution >= 4 is 5.78 Å². The quantitative estimate of drug-likeness (QED) is 0.570. The lowest BCUT2D eigenvalue weighted by atomic mass is 9.36. The second-order valence-electron chi connectivity index (χ2n) is 11.7. The Kier molecular flexibility index (Phi) is 5.77. The van der Waals surface area contributed by atoms with Gasteiger partial charge >= 0.3 is 0 Å². The molecule has 5 heteroatoms. The molecule has 2 N–H and O–H groups in total. The number of aromatic hydroxyl groups is 1. The molecule has 33 heavy (non-hydrogen) atoms. The third-order valence-electron chi connectivity index (χ3n) is 9.45. The second kappa shape index (κ2) is 7.84. The Balaban J connectivity index is 1.56. The fourth-order valence-corrected chi connectivity index (χ4v) is 7.35. The molecule has 3 fully saturated rings. The first-order chi connectivity index (χ1) is 15.3. The number of aryl methyl sites for hydroxylation is 1. The number of hydrogen-bond acceptors (Lipinski definition) is 5. The van der Waals surface area contributed by atoms with Crippen LogP contribution in [0.2, 0.25) is 0 Å². The fraction of sp³-hybridized carbons (Fsp3) is 0.679. The minimum Gasteiger partial charge on any atom is -0.507 e. The van der Waals surface area contributed by atoms with E-state index in [4.69, 9.17) is 9.47 Å². The van der Waals surface area contributed by atoms with Crippen LogP contribution in [0.25, 0.3) is 0 Å². The van der Waals surface area contributed by atoms with Crippen molar-refractivity contribution in [1.82, 2.24) is 0 Å². The molecule has 2 aliphatic carbocycles. The van der Waals surface area contributed by atoms with Crippen molar-refractivity contribution in [3.63, 3.8) is 0 Å². The number of methoxy groups -OCH3 is 1. The standard InChI is InChI=1S/C28H40O5/c1-17(9-10-19-15-20(32-7)14-18(2)23(19)31)13-21(29)24-26(5)11-8-12-27(26,6)28(24)16-22(30)25(3,4)33-28/h9,14-15,22,24,30-31H,8,10-13,16H2,1-7H3/b17-9-/t22-,24-,26-,27-,28+/m0/s1. The average Bonchev–Trinajstić information content (AvgIpc) is 3.14. The number of ketones is 1. The molecular weight excluding hydrogens is 416 g/mol. The van der Waals surface area contributed by atoms with Crippen molar-refractivity contribution in [3.8, 4) is 11.5 Å². The number of hydrogen-bond donors (Lipinski definition) is 2. The van der Waals surface area contributed by atoms with Crippen molar-refractivity contribution < 1.29 is 24.5 Å².